The third-order valence-electron chi connectivity index (χ3n) is 5.53. The summed E-state index contributed by atoms with van der Waals surface area (Å²) in [6.45, 7) is 2.76. The van der Waals surface area contributed by atoms with Gasteiger partial charge in [-0.25, -0.2) is 14.3 Å². The summed E-state index contributed by atoms with van der Waals surface area (Å²) < 4.78 is 1.78. The van der Waals surface area contributed by atoms with E-state index in [-0.39, 0.29) is 28.0 Å². The van der Waals surface area contributed by atoms with E-state index in [1.54, 1.807) is 29.1 Å². The standard InChI is InChI=1S/C22H22N6O7S2/c1-22(2,20(33)34)35-26-13(12-8-24-21(23)37-12)16(29)25-14-17(30)28-15(19(31)32)11(10-36-18(14)28)9-27-6-4-3-5-7-27/h3-8,14,18H,9-10H2,1-2H3,(H4-,23,24,25,26,29,31,32,33,34)/t14-,18?/m1/s1. The topological polar surface area (TPSA) is 191 Å². The summed E-state index contributed by atoms with van der Waals surface area (Å²) in [7, 11) is 0. The van der Waals surface area contributed by atoms with Gasteiger partial charge in [-0.2, -0.15) is 0 Å². The molecule has 0 radical (unpaired) electrons. The summed E-state index contributed by atoms with van der Waals surface area (Å²) in [5, 5.41) is 27.0. The van der Waals surface area contributed by atoms with Gasteiger partial charge in [-0.3, -0.25) is 14.5 Å². The molecule has 0 bridgehead atoms. The number of fused-ring (bicyclic) bond motifs is 1. The Morgan fingerprint density at radius 1 is 1.35 bits per heavy atom. The quantitative estimate of drug-likeness (QED) is 0.147. The third kappa shape index (κ3) is 5.27. The molecular formula is C22H22N6O7S2. The van der Waals surface area contributed by atoms with E-state index in [9.17, 15) is 29.4 Å². The molecule has 4 heterocycles. The number of carboxylic acid groups (broad SMARTS) is 2. The lowest BCUT2D eigenvalue weighted by molar-refractivity contribution is -0.689. The van der Waals surface area contributed by atoms with Crippen LogP contribution < -0.4 is 20.7 Å². The van der Waals surface area contributed by atoms with Crippen molar-refractivity contribution in [1.29, 1.82) is 0 Å². The molecule has 0 saturated carbocycles. The number of carbonyl (C=O) groups excluding carboxylic acids is 3. The fourth-order valence-electron chi connectivity index (χ4n) is 3.56. The van der Waals surface area contributed by atoms with Crippen LogP contribution in [0.1, 0.15) is 18.7 Å². The van der Waals surface area contributed by atoms with E-state index in [0.29, 0.717) is 11.3 Å². The van der Waals surface area contributed by atoms with Crippen molar-refractivity contribution in [2.24, 2.45) is 5.16 Å². The van der Waals surface area contributed by atoms with Crippen LogP contribution in [0.3, 0.4) is 0 Å². The summed E-state index contributed by atoms with van der Waals surface area (Å²) in [6, 6.07) is 4.38. The number of β-lactam (4-membered cyclic amide) rings is 1. The first-order valence-electron chi connectivity index (χ1n) is 10.8. The van der Waals surface area contributed by atoms with Crippen molar-refractivity contribution in [3.8, 4) is 0 Å². The van der Waals surface area contributed by atoms with Gasteiger partial charge < -0.3 is 30.9 Å². The summed E-state index contributed by atoms with van der Waals surface area (Å²) in [5.41, 5.74) is 3.87. The first-order valence-corrected chi connectivity index (χ1v) is 12.7. The number of aliphatic carboxylic acids is 2. The Labute approximate surface area is 218 Å². The van der Waals surface area contributed by atoms with Crippen LogP contribution >= 0.6 is 23.1 Å². The molecule has 37 heavy (non-hydrogen) atoms. The molecule has 0 spiro atoms. The summed E-state index contributed by atoms with van der Waals surface area (Å²) >= 11 is 2.21. The molecule has 15 heteroatoms. The molecule has 2 aromatic heterocycles. The monoisotopic (exact) mass is 546 g/mol. The number of anilines is 1. The number of rotatable bonds is 9. The molecule has 2 aliphatic heterocycles. The lowest BCUT2D eigenvalue weighted by Crippen LogP contribution is -2.71. The molecular weight excluding hydrogens is 524 g/mol. The molecule has 1 fully saturated rings. The van der Waals surface area contributed by atoms with Gasteiger partial charge in [0.2, 0.25) is 5.60 Å². The first-order chi connectivity index (χ1) is 17.5. The van der Waals surface area contributed by atoms with Gasteiger partial charge in [0, 0.05) is 29.7 Å². The molecule has 1 saturated heterocycles. The normalized spacial score (nSPS) is 19.7. The number of amides is 2. The fourth-order valence-corrected chi connectivity index (χ4v) is 5.56. The number of thiazole rings is 1. The Hall–Kier alpha value is -3.98. The molecule has 2 amide bonds. The number of carboxylic acids is 2. The number of hydrogen-bond acceptors (Lipinski definition) is 11. The van der Waals surface area contributed by atoms with Crippen molar-refractivity contribution in [2.45, 2.75) is 37.4 Å². The number of oxime groups is 1. The average molecular weight is 547 g/mol. The second-order valence-corrected chi connectivity index (χ2v) is 10.7. The fraction of sp³-hybridized carbons (Fsp3) is 0.318. The molecule has 4 N–H and O–H groups in total. The van der Waals surface area contributed by atoms with Gasteiger partial charge >= 0.3 is 5.97 Å². The molecule has 0 aromatic carbocycles. The van der Waals surface area contributed by atoms with Crippen molar-refractivity contribution in [3.05, 3.63) is 52.9 Å². The van der Waals surface area contributed by atoms with E-state index >= 15 is 0 Å². The molecule has 2 aromatic rings. The number of nitrogens with zero attached hydrogens (tertiary/aromatic N) is 4. The van der Waals surface area contributed by atoms with Crippen LogP contribution in [-0.2, 0) is 30.6 Å². The minimum Gasteiger partial charge on any atom is -0.543 e. The van der Waals surface area contributed by atoms with Crippen molar-refractivity contribution >= 4 is 57.7 Å². The third-order valence-corrected chi connectivity index (χ3v) is 7.70. The van der Waals surface area contributed by atoms with Gasteiger partial charge in [-0.05, 0) is 13.8 Å². The maximum atomic E-state index is 13.1. The number of thioether (sulfide) groups is 1. The molecule has 4 rings (SSSR count). The summed E-state index contributed by atoms with van der Waals surface area (Å²) in [5.74, 6) is -3.96. The molecule has 1 unspecified atom stereocenters. The minimum atomic E-state index is -1.74. The van der Waals surface area contributed by atoms with Crippen molar-refractivity contribution in [2.75, 3.05) is 11.5 Å². The lowest BCUT2D eigenvalue weighted by Gasteiger charge is -2.50. The Kier molecular flexibility index (Phi) is 7.18. The van der Waals surface area contributed by atoms with Gasteiger partial charge in [-0.15, -0.1) is 11.8 Å². The van der Waals surface area contributed by atoms with Crippen LogP contribution in [0.2, 0.25) is 0 Å². The first kappa shape index (κ1) is 26.1. The average Bonchev–Trinajstić information content (AvgIpc) is 3.28. The van der Waals surface area contributed by atoms with Gasteiger partial charge in [0.1, 0.15) is 11.4 Å². The Balaban J connectivity index is 1.55. The number of pyridine rings is 1. The van der Waals surface area contributed by atoms with Crippen LogP contribution in [0.5, 0.6) is 0 Å². The largest absolute Gasteiger partial charge is 0.543 e. The van der Waals surface area contributed by atoms with Gasteiger partial charge in [-0.1, -0.05) is 22.6 Å². The Bertz CT molecular complexity index is 1320. The highest BCUT2D eigenvalue weighted by atomic mass is 32.2. The van der Waals surface area contributed by atoms with Crippen LogP contribution in [0.15, 0.2) is 53.2 Å². The van der Waals surface area contributed by atoms with Gasteiger partial charge in [0.25, 0.3) is 11.8 Å². The second-order valence-electron chi connectivity index (χ2n) is 8.56. The number of aromatic nitrogens is 2. The van der Waals surface area contributed by atoms with E-state index in [2.05, 4.69) is 15.5 Å². The van der Waals surface area contributed by atoms with Crippen molar-refractivity contribution < 1.29 is 38.8 Å². The number of nitrogens with two attached hydrogens (primary N) is 1. The highest BCUT2D eigenvalue weighted by Crippen LogP contribution is 2.40. The number of carbonyl (C=O) groups is 4. The predicted molar refractivity (Wildman–Crippen MR) is 130 cm³/mol. The Morgan fingerprint density at radius 2 is 2.05 bits per heavy atom. The molecule has 194 valence electrons. The predicted octanol–water partition coefficient (Wildman–Crippen LogP) is -1.30. The maximum Gasteiger partial charge on any atom is 0.350 e. The van der Waals surface area contributed by atoms with E-state index in [0.717, 1.165) is 16.2 Å². The second kappa shape index (κ2) is 10.2. The minimum absolute atomic E-state index is 0.134. The summed E-state index contributed by atoms with van der Waals surface area (Å²) in [6.07, 6.45) is 4.82. The SMILES string of the molecule is CC(C)(O/N=C(\C(=O)N[C@@H]1C(=O)N2C(C(=O)[O-])=C(C[n+]3ccccc3)CSC12)c1cnc(N)s1)C(=O)O. The van der Waals surface area contributed by atoms with Crippen LogP contribution in [0.25, 0.3) is 0 Å². The highest BCUT2D eigenvalue weighted by Gasteiger charge is 2.53. The van der Waals surface area contributed by atoms with Crippen LogP contribution in [0.4, 0.5) is 5.13 Å². The zero-order valence-electron chi connectivity index (χ0n) is 19.6. The van der Waals surface area contributed by atoms with E-state index < -0.39 is 40.8 Å². The van der Waals surface area contributed by atoms with Gasteiger partial charge in [0.15, 0.2) is 29.8 Å². The number of hydrogen-bond donors (Lipinski definition) is 3. The molecule has 2 atom stereocenters. The van der Waals surface area contributed by atoms with Gasteiger partial charge in [0.05, 0.1) is 16.5 Å². The van der Waals surface area contributed by atoms with E-state index in [1.165, 1.54) is 31.8 Å². The maximum absolute atomic E-state index is 13.1. The molecule has 0 aliphatic carbocycles. The van der Waals surface area contributed by atoms with E-state index in [1.807, 2.05) is 6.07 Å². The lowest BCUT2D eigenvalue weighted by atomic mass is 10.0. The smallest absolute Gasteiger partial charge is 0.350 e. The van der Waals surface area contributed by atoms with Crippen molar-refractivity contribution in [1.82, 2.24) is 15.2 Å². The summed E-state index contributed by atoms with van der Waals surface area (Å²) in [4.78, 5) is 59.7. The van der Waals surface area contributed by atoms with Crippen molar-refractivity contribution in [3.63, 3.8) is 0 Å². The highest BCUT2D eigenvalue weighted by molar-refractivity contribution is 8.00. The molecule has 13 nitrogen and oxygen atoms in total. The number of nitrogens with one attached hydrogen (secondary N) is 1. The van der Waals surface area contributed by atoms with Crippen LogP contribution in [0, 0.1) is 0 Å². The van der Waals surface area contributed by atoms with E-state index in [4.69, 9.17) is 10.6 Å². The zero-order chi connectivity index (χ0) is 26.9. The zero-order valence-corrected chi connectivity index (χ0v) is 21.2. The Morgan fingerprint density at radius 3 is 2.65 bits per heavy atom. The number of nitrogen functional groups attached to an aromatic ring is 1. The molecule has 2 aliphatic rings. The van der Waals surface area contributed by atoms with Crippen LogP contribution in [-0.4, -0.2) is 67.2 Å².